The van der Waals surface area contributed by atoms with Gasteiger partial charge in [-0.1, -0.05) is 13.0 Å². The zero-order valence-electron chi connectivity index (χ0n) is 10.1. The number of hydrogen-bond donors (Lipinski definition) is 2. The molecular weight excluding hydrogens is 231 g/mol. The minimum absolute atomic E-state index is 0.177. The van der Waals surface area contributed by atoms with Crippen LogP contribution in [0, 0.1) is 5.82 Å². The van der Waals surface area contributed by atoms with Crippen molar-refractivity contribution in [3.8, 4) is 0 Å². The summed E-state index contributed by atoms with van der Waals surface area (Å²) in [5.74, 6) is 0.0998. The van der Waals surface area contributed by atoms with Crippen LogP contribution in [0.1, 0.15) is 24.2 Å². The SMILES string of the molecule is CCNC(c1ccc(F)cn1)c1cccnc1N. The normalized spacial score (nSPS) is 12.3. The number of pyridine rings is 2. The number of aromatic nitrogens is 2. The summed E-state index contributed by atoms with van der Waals surface area (Å²) in [6, 6.07) is 6.57. The van der Waals surface area contributed by atoms with Gasteiger partial charge in [-0.05, 0) is 24.7 Å². The van der Waals surface area contributed by atoms with E-state index in [9.17, 15) is 4.39 Å². The van der Waals surface area contributed by atoms with Crippen LogP contribution in [0.2, 0.25) is 0 Å². The molecule has 0 saturated heterocycles. The van der Waals surface area contributed by atoms with Crippen molar-refractivity contribution < 1.29 is 4.39 Å². The van der Waals surface area contributed by atoms with Crippen LogP contribution in [0.3, 0.4) is 0 Å². The van der Waals surface area contributed by atoms with Crippen molar-refractivity contribution in [3.05, 3.63) is 53.7 Å². The van der Waals surface area contributed by atoms with E-state index in [1.807, 2.05) is 19.1 Å². The summed E-state index contributed by atoms with van der Waals surface area (Å²) in [6.07, 6.45) is 2.84. The zero-order chi connectivity index (χ0) is 13.0. The van der Waals surface area contributed by atoms with Gasteiger partial charge in [0.05, 0.1) is 17.9 Å². The molecule has 5 heteroatoms. The lowest BCUT2D eigenvalue weighted by molar-refractivity contribution is 0.594. The third kappa shape index (κ3) is 2.62. The molecule has 3 N–H and O–H groups in total. The van der Waals surface area contributed by atoms with E-state index in [0.717, 1.165) is 17.8 Å². The van der Waals surface area contributed by atoms with E-state index in [2.05, 4.69) is 15.3 Å². The van der Waals surface area contributed by atoms with Crippen LogP contribution in [-0.4, -0.2) is 16.5 Å². The maximum absolute atomic E-state index is 12.9. The van der Waals surface area contributed by atoms with Crippen LogP contribution >= 0.6 is 0 Å². The van der Waals surface area contributed by atoms with Gasteiger partial charge in [0.1, 0.15) is 11.6 Å². The molecule has 2 rings (SSSR count). The summed E-state index contributed by atoms with van der Waals surface area (Å²) in [4.78, 5) is 8.16. The molecule has 0 saturated carbocycles. The standard InChI is InChI=1S/C13H15FN4/c1-2-16-12(10-4-3-7-17-13(10)15)11-6-5-9(14)8-18-11/h3-8,12,16H,2H2,1H3,(H2,15,17). The number of nitrogen functional groups attached to an aromatic ring is 1. The first-order chi connectivity index (χ1) is 8.72. The molecule has 2 aromatic heterocycles. The average molecular weight is 246 g/mol. The van der Waals surface area contributed by atoms with Crippen molar-refractivity contribution in [2.45, 2.75) is 13.0 Å². The van der Waals surface area contributed by atoms with Gasteiger partial charge in [-0.15, -0.1) is 0 Å². The van der Waals surface area contributed by atoms with E-state index in [-0.39, 0.29) is 11.9 Å². The van der Waals surface area contributed by atoms with Crippen molar-refractivity contribution in [3.63, 3.8) is 0 Å². The largest absolute Gasteiger partial charge is 0.383 e. The Morgan fingerprint density at radius 1 is 1.33 bits per heavy atom. The maximum atomic E-state index is 12.9. The number of hydrogen-bond acceptors (Lipinski definition) is 4. The molecular formula is C13H15FN4. The summed E-state index contributed by atoms with van der Waals surface area (Å²) < 4.78 is 12.9. The lowest BCUT2D eigenvalue weighted by Gasteiger charge is -2.18. The Labute approximate surface area is 105 Å². The van der Waals surface area contributed by atoms with E-state index in [1.165, 1.54) is 12.3 Å². The second-order valence-electron chi connectivity index (χ2n) is 3.87. The molecule has 0 bridgehead atoms. The topological polar surface area (TPSA) is 63.8 Å². The van der Waals surface area contributed by atoms with Crippen LogP contribution in [0.4, 0.5) is 10.2 Å². The van der Waals surface area contributed by atoms with Gasteiger partial charge in [0.25, 0.3) is 0 Å². The average Bonchev–Trinajstić information content (AvgIpc) is 2.38. The Hall–Kier alpha value is -2.01. The van der Waals surface area contributed by atoms with Gasteiger partial charge in [-0.2, -0.15) is 0 Å². The molecule has 18 heavy (non-hydrogen) atoms. The highest BCUT2D eigenvalue weighted by atomic mass is 19.1. The Balaban J connectivity index is 2.40. The van der Waals surface area contributed by atoms with E-state index in [4.69, 9.17) is 5.73 Å². The van der Waals surface area contributed by atoms with E-state index < -0.39 is 0 Å². The van der Waals surface area contributed by atoms with E-state index in [1.54, 1.807) is 12.3 Å². The Morgan fingerprint density at radius 3 is 2.78 bits per heavy atom. The predicted molar refractivity (Wildman–Crippen MR) is 68.4 cm³/mol. The fourth-order valence-corrected chi connectivity index (χ4v) is 1.81. The van der Waals surface area contributed by atoms with Crippen LogP contribution in [0.5, 0.6) is 0 Å². The number of nitrogens with two attached hydrogens (primary N) is 1. The third-order valence-electron chi connectivity index (χ3n) is 2.64. The van der Waals surface area contributed by atoms with Crippen molar-refractivity contribution >= 4 is 5.82 Å². The highest BCUT2D eigenvalue weighted by Gasteiger charge is 2.17. The fourth-order valence-electron chi connectivity index (χ4n) is 1.81. The molecule has 2 heterocycles. The smallest absolute Gasteiger partial charge is 0.141 e. The molecule has 0 radical (unpaired) electrons. The highest BCUT2D eigenvalue weighted by molar-refractivity contribution is 5.44. The first-order valence-corrected chi connectivity index (χ1v) is 5.77. The van der Waals surface area contributed by atoms with Gasteiger partial charge >= 0.3 is 0 Å². The van der Waals surface area contributed by atoms with Gasteiger partial charge in [-0.3, -0.25) is 4.98 Å². The van der Waals surface area contributed by atoms with Crippen molar-refractivity contribution in [2.24, 2.45) is 0 Å². The summed E-state index contributed by atoms with van der Waals surface area (Å²) in [7, 11) is 0. The highest BCUT2D eigenvalue weighted by Crippen LogP contribution is 2.23. The third-order valence-corrected chi connectivity index (χ3v) is 2.64. The molecule has 0 aromatic carbocycles. The number of halogens is 1. The van der Waals surface area contributed by atoms with Crippen molar-refractivity contribution in [1.82, 2.24) is 15.3 Å². The van der Waals surface area contributed by atoms with Gasteiger partial charge < -0.3 is 11.1 Å². The molecule has 0 spiro atoms. The quantitative estimate of drug-likeness (QED) is 0.864. The minimum Gasteiger partial charge on any atom is -0.383 e. The lowest BCUT2D eigenvalue weighted by Crippen LogP contribution is -2.24. The van der Waals surface area contributed by atoms with Crippen LogP contribution in [0.25, 0.3) is 0 Å². The van der Waals surface area contributed by atoms with Crippen LogP contribution < -0.4 is 11.1 Å². The summed E-state index contributed by atoms with van der Waals surface area (Å²) >= 11 is 0. The molecule has 0 aliphatic carbocycles. The first-order valence-electron chi connectivity index (χ1n) is 5.77. The van der Waals surface area contributed by atoms with Crippen LogP contribution in [0.15, 0.2) is 36.7 Å². The van der Waals surface area contributed by atoms with Crippen LogP contribution in [-0.2, 0) is 0 Å². The van der Waals surface area contributed by atoms with Crippen molar-refractivity contribution in [1.29, 1.82) is 0 Å². The summed E-state index contributed by atoms with van der Waals surface area (Å²) in [5.41, 5.74) is 7.43. The monoisotopic (exact) mass is 246 g/mol. The molecule has 4 nitrogen and oxygen atoms in total. The van der Waals surface area contributed by atoms with E-state index in [0.29, 0.717) is 5.82 Å². The van der Waals surface area contributed by atoms with Gasteiger partial charge in [0.15, 0.2) is 0 Å². The number of rotatable bonds is 4. The Kier molecular flexibility index (Phi) is 3.84. The predicted octanol–water partition coefficient (Wildman–Crippen LogP) is 1.90. The second-order valence-corrected chi connectivity index (χ2v) is 3.87. The molecule has 94 valence electrons. The molecule has 0 aliphatic heterocycles. The summed E-state index contributed by atoms with van der Waals surface area (Å²) in [6.45, 7) is 2.74. The Bertz CT molecular complexity index is 513. The first kappa shape index (κ1) is 12.4. The number of anilines is 1. The molecule has 2 aromatic rings. The van der Waals surface area contributed by atoms with Crippen molar-refractivity contribution in [2.75, 3.05) is 12.3 Å². The molecule has 0 amide bonds. The maximum Gasteiger partial charge on any atom is 0.141 e. The molecule has 0 aliphatic rings. The lowest BCUT2D eigenvalue weighted by atomic mass is 10.0. The molecule has 1 atom stereocenters. The number of nitrogens with one attached hydrogen (secondary N) is 1. The fraction of sp³-hybridized carbons (Fsp3) is 0.231. The minimum atomic E-state index is -0.354. The molecule has 0 fully saturated rings. The van der Waals surface area contributed by atoms with Gasteiger partial charge in [0.2, 0.25) is 0 Å². The zero-order valence-corrected chi connectivity index (χ0v) is 10.1. The summed E-state index contributed by atoms with van der Waals surface area (Å²) in [5, 5.41) is 3.27. The van der Waals surface area contributed by atoms with E-state index >= 15 is 0 Å². The molecule has 1 unspecified atom stereocenters. The van der Waals surface area contributed by atoms with Gasteiger partial charge in [-0.25, -0.2) is 9.37 Å². The Morgan fingerprint density at radius 2 is 2.17 bits per heavy atom. The second kappa shape index (κ2) is 5.55. The number of nitrogens with zero attached hydrogens (tertiary/aromatic N) is 2. The van der Waals surface area contributed by atoms with Gasteiger partial charge in [0, 0.05) is 11.8 Å².